The van der Waals surface area contributed by atoms with Gasteiger partial charge in [-0.15, -0.1) is 0 Å². The molecule has 4 amide bonds. The van der Waals surface area contributed by atoms with E-state index in [-0.39, 0.29) is 5.75 Å². The molecule has 1 aromatic rings. The first kappa shape index (κ1) is 33.7. The highest BCUT2D eigenvalue weighted by atomic mass is 16.6. The average Bonchev–Trinajstić information content (AvgIpc) is 2.80. The molecule has 3 unspecified atom stereocenters. The van der Waals surface area contributed by atoms with Gasteiger partial charge in [-0.3, -0.25) is 14.4 Å². The summed E-state index contributed by atoms with van der Waals surface area (Å²) in [4.78, 5) is 53.9. The molecule has 0 fully saturated rings. The van der Waals surface area contributed by atoms with Crippen molar-refractivity contribution in [2.45, 2.75) is 111 Å². The van der Waals surface area contributed by atoms with Crippen LogP contribution in [0.15, 0.2) is 18.2 Å². The van der Waals surface area contributed by atoms with E-state index in [1.807, 2.05) is 13.8 Å². The normalized spacial score (nSPS) is 13.8. The minimum atomic E-state index is -1.34. The Bertz CT molecular complexity index is 988. The number of nitrogens with one attached hydrogen (secondary N) is 2. The lowest BCUT2D eigenvalue weighted by Crippen LogP contribution is -2.56. The van der Waals surface area contributed by atoms with E-state index < -0.39 is 54.0 Å². The number of aromatic hydroxyl groups is 1. The summed E-state index contributed by atoms with van der Waals surface area (Å²) in [5, 5.41) is 15.5. The number of carbonyl (C=O) groups is 4. The first-order chi connectivity index (χ1) is 18.1. The first-order valence-corrected chi connectivity index (χ1v) is 13.7. The van der Waals surface area contributed by atoms with Crippen LogP contribution in [0.1, 0.15) is 97.7 Å². The molecule has 0 radical (unpaired) electrons. The highest BCUT2D eigenvalue weighted by Gasteiger charge is 2.39. The molecule has 3 atom stereocenters. The SMILES string of the molecule is CCCCNC(=O)C(c1ccc(O)c(C)c1)N(C(=O)C(CC(N)=O)NC(=O)OC(C)(C)C)C(C)CCC(C)C. The van der Waals surface area contributed by atoms with Crippen molar-refractivity contribution in [3.63, 3.8) is 0 Å². The number of phenols is 1. The minimum absolute atomic E-state index is 0.0628. The van der Waals surface area contributed by atoms with Crippen molar-refractivity contribution in [1.29, 1.82) is 0 Å². The number of rotatable bonds is 14. The van der Waals surface area contributed by atoms with Gasteiger partial charge in [0.25, 0.3) is 0 Å². The Morgan fingerprint density at radius 2 is 1.74 bits per heavy atom. The number of alkyl carbamates (subject to hydrolysis) is 1. The quantitative estimate of drug-likeness (QED) is 0.257. The van der Waals surface area contributed by atoms with Crippen LogP contribution >= 0.6 is 0 Å². The third kappa shape index (κ3) is 11.5. The van der Waals surface area contributed by atoms with Gasteiger partial charge in [0.15, 0.2) is 0 Å². The van der Waals surface area contributed by atoms with Crippen LogP contribution in [0.4, 0.5) is 4.79 Å². The Labute approximate surface area is 233 Å². The zero-order valence-corrected chi connectivity index (χ0v) is 24.8. The summed E-state index contributed by atoms with van der Waals surface area (Å²) in [7, 11) is 0. The standard InChI is InChI=1S/C29H48N4O6/c1-9-10-15-31-26(36)25(21-13-14-23(34)19(4)16-21)33(20(5)12-11-18(2)3)27(37)22(17-24(30)35)32-28(38)39-29(6,7)8/h13-14,16,18,20,22,25,34H,9-12,15,17H2,1-8H3,(H2,30,35)(H,31,36)(H,32,38). The number of hydrogen-bond donors (Lipinski definition) is 4. The van der Waals surface area contributed by atoms with Crippen LogP contribution < -0.4 is 16.4 Å². The van der Waals surface area contributed by atoms with Gasteiger partial charge in [-0.1, -0.05) is 33.3 Å². The molecule has 0 bridgehead atoms. The van der Waals surface area contributed by atoms with E-state index in [9.17, 15) is 24.3 Å². The van der Waals surface area contributed by atoms with Gasteiger partial charge < -0.3 is 31.1 Å². The summed E-state index contributed by atoms with van der Waals surface area (Å²) in [6, 6.07) is 1.89. The van der Waals surface area contributed by atoms with Crippen molar-refractivity contribution < 1.29 is 29.0 Å². The molecule has 0 aromatic heterocycles. The van der Waals surface area contributed by atoms with Crippen molar-refractivity contribution in [2.75, 3.05) is 6.54 Å². The largest absolute Gasteiger partial charge is 0.508 e. The fourth-order valence-corrected chi connectivity index (χ4v) is 4.12. The lowest BCUT2D eigenvalue weighted by Gasteiger charge is -2.38. The Morgan fingerprint density at radius 1 is 1.10 bits per heavy atom. The number of phenolic OH excluding ortho intramolecular Hbond substituents is 1. The first-order valence-electron chi connectivity index (χ1n) is 13.7. The molecule has 10 nitrogen and oxygen atoms in total. The lowest BCUT2D eigenvalue weighted by molar-refractivity contribution is -0.146. The van der Waals surface area contributed by atoms with Gasteiger partial charge in [0.1, 0.15) is 23.4 Å². The van der Waals surface area contributed by atoms with Crippen molar-refractivity contribution in [2.24, 2.45) is 11.7 Å². The summed E-state index contributed by atoms with van der Waals surface area (Å²) in [6.45, 7) is 15.2. The van der Waals surface area contributed by atoms with Crippen molar-refractivity contribution in [3.05, 3.63) is 29.3 Å². The van der Waals surface area contributed by atoms with E-state index in [2.05, 4.69) is 24.5 Å². The second kappa shape index (κ2) is 15.3. The van der Waals surface area contributed by atoms with E-state index in [1.165, 1.54) is 11.0 Å². The maximum atomic E-state index is 14.2. The van der Waals surface area contributed by atoms with Crippen LogP contribution in [0, 0.1) is 12.8 Å². The molecule has 0 aliphatic rings. The number of nitrogens with two attached hydrogens (primary N) is 1. The van der Waals surface area contributed by atoms with Crippen molar-refractivity contribution in [3.8, 4) is 5.75 Å². The van der Waals surface area contributed by atoms with E-state index >= 15 is 0 Å². The van der Waals surface area contributed by atoms with Crippen LogP contribution in [-0.4, -0.2) is 58.1 Å². The molecule has 0 saturated heterocycles. The van der Waals surface area contributed by atoms with E-state index in [0.29, 0.717) is 30.0 Å². The van der Waals surface area contributed by atoms with E-state index in [1.54, 1.807) is 39.8 Å². The molecular weight excluding hydrogens is 500 g/mol. The van der Waals surface area contributed by atoms with Gasteiger partial charge >= 0.3 is 6.09 Å². The number of primary amides is 1. The van der Waals surface area contributed by atoms with Crippen molar-refractivity contribution in [1.82, 2.24) is 15.5 Å². The summed E-state index contributed by atoms with van der Waals surface area (Å²) < 4.78 is 5.33. The Hall–Kier alpha value is -3.30. The molecule has 0 aliphatic heterocycles. The number of carbonyl (C=O) groups excluding carboxylic acids is 4. The number of benzene rings is 1. The monoisotopic (exact) mass is 548 g/mol. The molecule has 1 rings (SSSR count). The second-order valence-corrected chi connectivity index (χ2v) is 11.5. The molecule has 0 aliphatic carbocycles. The molecule has 1 aromatic carbocycles. The Morgan fingerprint density at radius 3 is 2.26 bits per heavy atom. The number of hydrogen-bond acceptors (Lipinski definition) is 6. The average molecular weight is 549 g/mol. The van der Waals surface area contributed by atoms with Gasteiger partial charge in [0, 0.05) is 12.6 Å². The van der Waals surface area contributed by atoms with Crippen molar-refractivity contribution >= 4 is 23.8 Å². The summed E-state index contributed by atoms with van der Waals surface area (Å²) in [5.74, 6) is -1.40. The van der Waals surface area contributed by atoms with E-state index in [4.69, 9.17) is 10.5 Å². The molecule has 5 N–H and O–H groups in total. The number of aryl methyl sites for hydroxylation is 1. The van der Waals surface area contributed by atoms with Crippen LogP contribution in [0.25, 0.3) is 0 Å². The fraction of sp³-hybridized carbons (Fsp3) is 0.655. The molecule has 0 heterocycles. The second-order valence-electron chi connectivity index (χ2n) is 11.5. The predicted octanol–water partition coefficient (Wildman–Crippen LogP) is 4.08. The van der Waals surface area contributed by atoms with E-state index in [0.717, 1.165) is 19.3 Å². The number of nitrogens with zero attached hydrogens (tertiary/aromatic N) is 1. The summed E-state index contributed by atoms with van der Waals surface area (Å²) >= 11 is 0. The van der Waals surface area contributed by atoms with Crippen LogP contribution in [-0.2, 0) is 19.1 Å². The number of amides is 4. The maximum absolute atomic E-state index is 14.2. The van der Waals surface area contributed by atoms with Crippen LogP contribution in [0.3, 0.4) is 0 Å². The highest BCUT2D eigenvalue weighted by Crippen LogP contribution is 2.30. The third-order valence-corrected chi connectivity index (χ3v) is 6.18. The molecule has 0 saturated carbocycles. The molecule has 39 heavy (non-hydrogen) atoms. The lowest BCUT2D eigenvalue weighted by atomic mass is 9.95. The summed E-state index contributed by atoms with van der Waals surface area (Å²) in [5.41, 5.74) is 5.67. The summed E-state index contributed by atoms with van der Waals surface area (Å²) in [6.07, 6.45) is 1.65. The molecule has 220 valence electrons. The zero-order chi connectivity index (χ0) is 29.9. The minimum Gasteiger partial charge on any atom is -0.508 e. The number of unbranched alkanes of at least 4 members (excludes halogenated alkanes) is 1. The molecule has 0 spiro atoms. The highest BCUT2D eigenvalue weighted by molar-refractivity contribution is 5.94. The molecular formula is C29H48N4O6. The third-order valence-electron chi connectivity index (χ3n) is 6.18. The van der Waals surface area contributed by atoms with Gasteiger partial charge in [-0.2, -0.15) is 0 Å². The fourth-order valence-electron chi connectivity index (χ4n) is 4.12. The smallest absolute Gasteiger partial charge is 0.408 e. The predicted molar refractivity (Wildman–Crippen MR) is 151 cm³/mol. The zero-order valence-electron chi connectivity index (χ0n) is 24.8. The number of ether oxygens (including phenoxy) is 1. The topological polar surface area (TPSA) is 151 Å². The Kier molecular flexibility index (Phi) is 13.3. The van der Waals surface area contributed by atoms with Gasteiger partial charge in [-0.05, 0) is 83.1 Å². The van der Waals surface area contributed by atoms with Gasteiger partial charge in [0.2, 0.25) is 17.7 Å². The van der Waals surface area contributed by atoms with Gasteiger partial charge in [-0.25, -0.2) is 4.79 Å². The maximum Gasteiger partial charge on any atom is 0.408 e. The molecule has 10 heteroatoms. The Balaban J connectivity index is 3.65. The van der Waals surface area contributed by atoms with Crippen LogP contribution in [0.2, 0.25) is 0 Å². The van der Waals surface area contributed by atoms with Crippen LogP contribution in [0.5, 0.6) is 5.75 Å². The van der Waals surface area contributed by atoms with Gasteiger partial charge in [0.05, 0.1) is 6.42 Å².